The maximum atomic E-state index is 13.3. The normalized spacial score (nSPS) is 20.0. The van der Waals surface area contributed by atoms with E-state index in [9.17, 15) is 12.8 Å². The zero-order valence-corrected chi connectivity index (χ0v) is 17.2. The molecular weight excluding hydrogens is 391 g/mol. The van der Waals surface area contributed by atoms with Crippen molar-refractivity contribution in [2.45, 2.75) is 30.2 Å². The van der Waals surface area contributed by atoms with Crippen LogP contribution in [0.3, 0.4) is 0 Å². The molecule has 0 amide bonds. The highest BCUT2D eigenvalue weighted by molar-refractivity contribution is 7.91. The smallest absolute Gasteiger partial charge is 0.236 e. The molecule has 0 unspecified atom stereocenters. The van der Waals surface area contributed by atoms with E-state index in [0.717, 1.165) is 6.42 Å². The van der Waals surface area contributed by atoms with Crippen molar-refractivity contribution >= 4 is 15.7 Å². The molecule has 1 aromatic heterocycles. The molecule has 3 aromatic rings. The monoisotopic (exact) mass is 414 g/mol. The third-order valence-electron chi connectivity index (χ3n) is 5.13. The van der Waals surface area contributed by atoms with Crippen molar-refractivity contribution in [3.8, 4) is 11.5 Å². The SMILES string of the molecule is C[C@@H]1C[C@H](C)CN(c2oc(-c3ccc(F)cc3)nc2S(=O)(=O)c2ccccc2)C1. The van der Waals surface area contributed by atoms with Crippen LogP contribution in [0.5, 0.6) is 0 Å². The summed E-state index contributed by atoms with van der Waals surface area (Å²) in [6.07, 6.45) is 1.08. The van der Waals surface area contributed by atoms with Crippen molar-refractivity contribution in [3.05, 3.63) is 60.4 Å². The topological polar surface area (TPSA) is 63.4 Å². The predicted molar refractivity (Wildman–Crippen MR) is 109 cm³/mol. The third kappa shape index (κ3) is 3.92. The predicted octanol–water partition coefficient (Wildman–Crippen LogP) is 4.80. The number of aromatic nitrogens is 1. The summed E-state index contributed by atoms with van der Waals surface area (Å²) in [6.45, 7) is 5.68. The highest BCUT2D eigenvalue weighted by atomic mass is 32.2. The molecule has 1 fully saturated rings. The first-order valence-corrected chi connectivity index (χ1v) is 11.1. The van der Waals surface area contributed by atoms with Crippen LogP contribution in [-0.2, 0) is 9.84 Å². The lowest BCUT2D eigenvalue weighted by Crippen LogP contribution is -2.39. The highest BCUT2D eigenvalue weighted by Crippen LogP contribution is 2.37. The number of nitrogens with zero attached hydrogens (tertiary/aromatic N) is 2. The molecule has 2 heterocycles. The summed E-state index contributed by atoms with van der Waals surface area (Å²) >= 11 is 0. The summed E-state index contributed by atoms with van der Waals surface area (Å²) in [4.78, 5) is 6.50. The average molecular weight is 415 g/mol. The minimum atomic E-state index is -3.87. The summed E-state index contributed by atoms with van der Waals surface area (Å²) in [7, 11) is -3.87. The molecule has 29 heavy (non-hydrogen) atoms. The molecule has 0 bridgehead atoms. The fraction of sp³-hybridized carbons (Fsp3) is 0.318. The van der Waals surface area contributed by atoms with Gasteiger partial charge in [0.1, 0.15) is 5.82 Å². The van der Waals surface area contributed by atoms with Crippen molar-refractivity contribution < 1.29 is 17.2 Å². The van der Waals surface area contributed by atoms with Gasteiger partial charge in [0.05, 0.1) is 4.90 Å². The molecule has 1 saturated heterocycles. The molecule has 2 aromatic carbocycles. The second-order valence-electron chi connectivity index (χ2n) is 7.80. The lowest BCUT2D eigenvalue weighted by atomic mass is 9.92. The Labute approximate surface area is 170 Å². The van der Waals surface area contributed by atoms with Crippen molar-refractivity contribution in [3.63, 3.8) is 0 Å². The molecule has 0 spiro atoms. The standard InChI is InChI=1S/C22H23FN2O3S/c1-15-12-16(2)14-25(13-15)22-21(29(26,27)19-6-4-3-5-7-19)24-20(28-22)17-8-10-18(23)11-9-17/h3-11,15-16H,12-14H2,1-2H3/t15-,16+. The lowest BCUT2D eigenvalue weighted by molar-refractivity contribution is 0.342. The number of sulfone groups is 1. The molecule has 0 N–H and O–H groups in total. The summed E-state index contributed by atoms with van der Waals surface area (Å²) in [5, 5.41) is -0.0932. The first kappa shape index (κ1) is 19.6. The minimum Gasteiger partial charge on any atom is -0.419 e. The Morgan fingerprint density at radius 3 is 2.24 bits per heavy atom. The molecular formula is C22H23FN2O3S. The van der Waals surface area contributed by atoms with Gasteiger partial charge in [-0.2, -0.15) is 4.98 Å². The van der Waals surface area contributed by atoms with Gasteiger partial charge in [-0.25, -0.2) is 12.8 Å². The van der Waals surface area contributed by atoms with Gasteiger partial charge in [0, 0.05) is 18.7 Å². The number of hydrogen-bond donors (Lipinski definition) is 0. The van der Waals surface area contributed by atoms with Crippen LogP contribution in [0.1, 0.15) is 20.3 Å². The maximum Gasteiger partial charge on any atom is 0.236 e. The van der Waals surface area contributed by atoms with Gasteiger partial charge in [0.25, 0.3) is 0 Å². The van der Waals surface area contributed by atoms with E-state index in [2.05, 4.69) is 18.8 Å². The van der Waals surface area contributed by atoms with E-state index in [1.165, 1.54) is 24.3 Å². The Hall–Kier alpha value is -2.67. The van der Waals surface area contributed by atoms with E-state index >= 15 is 0 Å². The second-order valence-corrected chi connectivity index (χ2v) is 9.67. The number of benzene rings is 2. The molecule has 4 rings (SSSR count). The van der Waals surface area contributed by atoms with E-state index in [-0.39, 0.29) is 27.5 Å². The van der Waals surface area contributed by atoms with Gasteiger partial charge < -0.3 is 9.32 Å². The summed E-state index contributed by atoms with van der Waals surface area (Å²) in [5.74, 6) is 0.860. The molecule has 1 aliphatic rings. The number of halogens is 1. The van der Waals surface area contributed by atoms with Crippen molar-refractivity contribution in [1.29, 1.82) is 0 Å². The molecule has 0 aliphatic carbocycles. The van der Waals surface area contributed by atoms with Gasteiger partial charge in [-0.3, -0.25) is 0 Å². The maximum absolute atomic E-state index is 13.3. The second kappa shape index (κ2) is 7.63. The molecule has 2 atom stereocenters. The Balaban J connectivity index is 1.85. The van der Waals surface area contributed by atoms with Gasteiger partial charge in [-0.1, -0.05) is 32.0 Å². The van der Waals surface area contributed by atoms with Crippen LogP contribution in [0.25, 0.3) is 11.5 Å². The number of piperidine rings is 1. The van der Waals surface area contributed by atoms with Crippen LogP contribution >= 0.6 is 0 Å². The van der Waals surface area contributed by atoms with Crippen LogP contribution in [0.2, 0.25) is 0 Å². The van der Waals surface area contributed by atoms with Crippen LogP contribution < -0.4 is 4.90 Å². The van der Waals surface area contributed by atoms with E-state index in [1.807, 2.05) is 4.90 Å². The van der Waals surface area contributed by atoms with Gasteiger partial charge in [0.2, 0.25) is 26.6 Å². The third-order valence-corrected chi connectivity index (χ3v) is 6.80. The van der Waals surface area contributed by atoms with E-state index < -0.39 is 9.84 Å². The Bertz CT molecular complexity index is 1080. The van der Waals surface area contributed by atoms with Crippen LogP contribution in [0.4, 0.5) is 10.3 Å². The van der Waals surface area contributed by atoms with Gasteiger partial charge in [0.15, 0.2) is 0 Å². The van der Waals surface area contributed by atoms with Crippen LogP contribution in [0.15, 0.2) is 68.9 Å². The number of anilines is 1. The van der Waals surface area contributed by atoms with Gasteiger partial charge in [-0.05, 0) is 54.7 Å². The van der Waals surface area contributed by atoms with Gasteiger partial charge in [-0.15, -0.1) is 0 Å². The first-order valence-electron chi connectivity index (χ1n) is 9.66. The zero-order chi connectivity index (χ0) is 20.6. The zero-order valence-electron chi connectivity index (χ0n) is 16.4. The quantitative estimate of drug-likeness (QED) is 0.614. The lowest BCUT2D eigenvalue weighted by Gasteiger charge is -2.34. The van der Waals surface area contributed by atoms with Crippen LogP contribution in [0, 0.1) is 17.7 Å². The Morgan fingerprint density at radius 2 is 1.62 bits per heavy atom. The molecule has 152 valence electrons. The van der Waals surface area contributed by atoms with E-state index in [4.69, 9.17) is 4.42 Å². The largest absolute Gasteiger partial charge is 0.419 e. The number of hydrogen-bond acceptors (Lipinski definition) is 5. The molecule has 0 radical (unpaired) electrons. The van der Waals surface area contributed by atoms with Crippen molar-refractivity contribution in [2.24, 2.45) is 11.8 Å². The highest BCUT2D eigenvalue weighted by Gasteiger charge is 2.34. The molecule has 1 aliphatic heterocycles. The van der Waals surface area contributed by atoms with Gasteiger partial charge >= 0.3 is 0 Å². The Kier molecular flexibility index (Phi) is 5.17. The summed E-state index contributed by atoms with van der Waals surface area (Å²) < 4.78 is 46.0. The van der Waals surface area contributed by atoms with Crippen molar-refractivity contribution in [1.82, 2.24) is 4.98 Å². The molecule has 0 saturated carbocycles. The van der Waals surface area contributed by atoms with E-state index in [0.29, 0.717) is 30.5 Å². The first-order chi connectivity index (χ1) is 13.8. The average Bonchev–Trinajstić information content (AvgIpc) is 3.15. The Morgan fingerprint density at radius 1 is 1.00 bits per heavy atom. The number of rotatable bonds is 4. The minimum absolute atomic E-state index is 0.0932. The fourth-order valence-corrected chi connectivity index (χ4v) is 5.27. The summed E-state index contributed by atoms with van der Waals surface area (Å²) in [5.41, 5.74) is 0.528. The van der Waals surface area contributed by atoms with E-state index in [1.54, 1.807) is 30.3 Å². The molecule has 5 nitrogen and oxygen atoms in total. The van der Waals surface area contributed by atoms with Crippen molar-refractivity contribution in [2.75, 3.05) is 18.0 Å². The fourth-order valence-electron chi connectivity index (χ4n) is 3.93. The number of oxazole rings is 1. The van der Waals surface area contributed by atoms with Crippen LogP contribution in [-0.4, -0.2) is 26.5 Å². The summed E-state index contributed by atoms with van der Waals surface area (Å²) in [6, 6.07) is 13.9. The molecule has 7 heteroatoms.